The Bertz CT molecular complexity index is 532. The van der Waals surface area contributed by atoms with Crippen molar-refractivity contribution in [1.82, 2.24) is 0 Å². The van der Waals surface area contributed by atoms with Crippen LogP contribution >= 0.6 is 0 Å². The van der Waals surface area contributed by atoms with Gasteiger partial charge in [-0.2, -0.15) is 5.56 Å². The molecule has 1 aromatic carbocycles. The van der Waals surface area contributed by atoms with Crippen LogP contribution in [0, 0.1) is 11.8 Å². The monoisotopic (exact) mass is 422 g/mol. The molecule has 0 atom stereocenters. The first-order valence-corrected chi connectivity index (χ1v) is 13.2. The summed E-state index contributed by atoms with van der Waals surface area (Å²) in [7, 11) is -1.25. The van der Waals surface area contributed by atoms with E-state index in [1.807, 2.05) is 0 Å². The second kappa shape index (κ2) is 15.5. The van der Waals surface area contributed by atoms with Crippen LogP contribution in [0.2, 0.25) is 19.6 Å². The normalized spacial score (nSPS) is 17.0. The molecule has 1 aromatic rings. The third kappa shape index (κ3) is 18.7. The number of benzene rings is 1. The van der Waals surface area contributed by atoms with Crippen LogP contribution in [0.3, 0.4) is 0 Å². The molecule has 1 aliphatic rings. The molecule has 0 saturated heterocycles. The Kier molecular flexibility index (Phi) is 16.5. The molecule has 1 aliphatic carbocycles. The standard InChI is InChI=1S/C17H22Si.2C3H8O.Ti/c1-18(2,3)14-17-12-8-7-11-16(17)13-15-9-5-4-6-10-15;2*1-3(2)4;/h4-6,9-10H,7-8,11-12H2,1-3H3;2*3-4H,1-2H3;/q-2;;;+2. The van der Waals surface area contributed by atoms with Gasteiger partial charge in [-0.25, -0.2) is 6.08 Å². The second-order valence-electron chi connectivity index (χ2n) is 8.22. The van der Waals surface area contributed by atoms with E-state index < -0.39 is 8.07 Å². The predicted molar refractivity (Wildman–Crippen MR) is 116 cm³/mol. The molecule has 0 bridgehead atoms. The van der Waals surface area contributed by atoms with Crippen molar-refractivity contribution in [2.24, 2.45) is 0 Å². The Labute approximate surface area is 183 Å². The maximum Gasteiger partial charge on any atom is 2.00 e. The van der Waals surface area contributed by atoms with E-state index in [0.29, 0.717) is 0 Å². The fourth-order valence-electron chi connectivity index (χ4n) is 2.33. The predicted octanol–water partition coefficient (Wildman–Crippen LogP) is 5.72. The van der Waals surface area contributed by atoms with E-state index in [-0.39, 0.29) is 33.9 Å². The van der Waals surface area contributed by atoms with Crippen LogP contribution in [0.15, 0.2) is 41.5 Å². The van der Waals surface area contributed by atoms with Gasteiger partial charge in [0, 0.05) is 12.2 Å². The van der Waals surface area contributed by atoms with Crippen molar-refractivity contribution >= 4 is 8.07 Å². The first-order valence-electron chi connectivity index (χ1n) is 9.69. The summed E-state index contributed by atoms with van der Waals surface area (Å²) in [6.07, 6.45) is 8.23. The molecule has 27 heavy (non-hydrogen) atoms. The third-order valence-electron chi connectivity index (χ3n) is 3.06. The van der Waals surface area contributed by atoms with Crippen molar-refractivity contribution < 1.29 is 31.9 Å². The number of allylic oxidation sites excluding steroid dienone is 2. The molecule has 2 N–H and O–H groups in total. The van der Waals surface area contributed by atoms with Crippen molar-refractivity contribution in [3.05, 3.63) is 58.8 Å². The molecular formula is C23H38O2SiTi. The minimum Gasteiger partial charge on any atom is -0.394 e. The first-order chi connectivity index (χ1) is 12.0. The Hall–Kier alpha value is -0.449. The van der Waals surface area contributed by atoms with Crippen LogP contribution < -0.4 is 0 Å². The molecule has 0 spiro atoms. The maximum absolute atomic E-state index is 8.06. The van der Waals surface area contributed by atoms with Crippen molar-refractivity contribution in [2.45, 2.75) is 85.2 Å². The van der Waals surface area contributed by atoms with Gasteiger partial charge in [-0.3, -0.25) is 11.1 Å². The van der Waals surface area contributed by atoms with Gasteiger partial charge >= 0.3 is 21.7 Å². The number of rotatable bonds is 2. The number of hydrogen-bond donors (Lipinski definition) is 2. The smallest absolute Gasteiger partial charge is 0.394 e. The van der Waals surface area contributed by atoms with Gasteiger partial charge < -0.3 is 15.9 Å². The molecule has 0 radical (unpaired) electrons. The Morgan fingerprint density at radius 1 is 0.815 bits per heavy atom. The second-order valence-corrected chi connectivity index (χ2v) is 13.0. The Morgan fingerprint density at radius 2 is 1.22 bits per heavy atom. The van der Waals surface area contributed by atoms with Gasteiger partial charge in [0.25, 0.3) is 0 Å². The average Bonchev–Trinajstić information content (AvgIpc) is 2.48. The van der Waals surface area contributed by atoms with Gasteiger partial charge in [0.15, 0.2) is 0 Å². The zero-order valence-corrected chi connectivity index (χ0v) is 20.8. The van der Waals surface area contributed by atoms with Gasteiger partial charge in [0.1, 0.15) is 0 Å². The van der Waals surface area contributed by atoms with Gasteiger partial charge in [0.05, 0.1) is 0 Å². The molecule has 0 amide bonds. The molecule has 2 nitrogen and oxygen atoms in total. The van der Waals surface area contributed by atoms with E-state index in [2.05, 4.69) is 61.7 Å². The van der Waals surface area contributed by atoms with E-state index in [1.54, 1.807) is 27.7 Å². The van der Waals surface area contributed by atoms with Gasteiger partial charge in [-0.1, -0.05) is 45.0 Å². The van der Waals surface area contributed by atoms with Crippen molar-refractivity contribution in [1.29, 1.82) is 0 Å². The van der Waals surface area contributed by atoms with Crippen LogP contribution in [0.4, 0.5) is 0 Å². The van der Waals surface area contributed by atoms with Crippen molar-refractivity contribution in [3.63, 3.8) is 0 Å². The average molecular weight is 423 g/mol. The summed E-state index contributed by atoms with van der Waals surface area (Å²) in [4.78, 5) is 0. The van der Waals surface area contributed by atoms with E-state index in [0.717, 1.165) is 0 Å². The molecule has 0 aliphatic heterocycles. The van der Waals surface area contributed by atoms with Crippen molar-refractivity contribution in [2.75, 3.05) is 0 Å². The minimum atomic E-state index is -1.25. The van der Waals surface area contributed by atoms with Crippen molar-refractivity contribution in [3.8, 4) is 0 Å². The minimum absolute atomic E-state index is 0. The number of aliphatic hydroxyl groups is 2. The number of hydrogen-bond acceptors (Lipinski definition) is 2. The largest absolute Gasteiger partial charge is 2.00 e. The maximum atomic E-state index is 8.06. The molecule has 1 saturated carbocycles. The Balaban J connectivity index is 0. The van der Waals surface area contributed by atoms with Crippen LogP contribution in [-0.2, 0) is 21.7 Å². The number of aliphatic hydroxyl groups excluding tert-OH is 2. The SMILES string of the molecule is CC(C)O.CC(C)O.C[Si](C)(C)[C-]=C1CCCCC1=[C-]c1ccccc1.[Ti+2]. The topological polar surface area (TPSA) is 40.5 Å². The van der Waals surface area contributed by atoms with E-state index >= 15 is 0 Å². The summed E-state index contributed by atoms with van der Waals surface area (Å²) < 4.78 is 0. The molecule has 0 aromatic heterocycles. The zero-order chi connectivity index (χ0) is 20.2. The third-order valence-corrected chi connectivity index (χ3v) is 4.11. The zero-order valence-electron chi connectivity index (χ0n) is 18.3. The summed E-state index contributed by atoms with van der Waals surface area (Å²) in [5, 5.41) is 16.1. The molecule has 4 heteroatoms. The van der Waals surface area contributed by atoms with E-state index in [4.69, 9.17) is 10.2 Å². The van der Waals surface area contributed by atoms with Gasteiger partial charge in [0.2, 0.25) is 0 Å². The first kappa shape index (κ1) is 28.8. The van der Waals surface area contributed by atoms with Crippen LogP contribution in [0.25, 0.3) is 0 Å². The molecule has 0 heterocycles. The van der Waals surface area contributed by atoms with Crippen LogP contribution in [0.1, 0.15) is 58.9 Å². The quantitative estimate of drug-likeness (QED) is 0.473. The Morgan fingerprint density at radius 3 is 1.63 bits per heavy atom. The summed E-state index contributed by atoms with van der Waals surface area (Å²) >= 11 is 0. The fourth-order valence-corrected chi connectivity index (χ4v) is 3.51. The molecule has 2 rings (SSSR count). The van der Waals surface area contributed by atoms with Gasteiger partial charge in [-0.15, -0.1) is 30.7 Å². The summed E-state index contributed by atoms with van der Waals surface area (Å²) in [5.41, 5.74) is 7.83. The van der Waals surface area contributed by atoms with Crippen LogP contribution in [0.5, 0.6) is 0 Å². The summed E-state index contributed by atoms with van der Waals surface area (Å²) in [5.74, 6) is 0. The molecular weight excluding hydrogens is 384 g/mol. The van der Waals surface area contributed by atoms with Crippen LogP contribution in [-0.4, -0.2) is 30.5 Å². The van der Waals surface area contributed by atoms with E-state index in [9.17, 15) is 0 Å². The summed E-state index contributed by atoms with van der Waals surface area (Å²) in [6.45, 7) is 14.0. The summed E-state index contributed by atoms with van der Waals surface area (Å²) in [6, 6.07) is 10.5. The van der Waals surface area contributed by atoms with Gasteiger partial charge in [-0.05, 0) is 35.8 Å². The molecule has 1 fully saturated rings. The molecule has 150 valence electrons. The fraction of sp³-hybridized carbons (Fsp3) is 0.565. The van der Waals surface area contributed by atoms with E-state index in [1.165, 1.54) is 42.4 Å². The molecule has 0 unspecified atom stereocenters.